The normalized spacial score (nSPS) is 11.3. The van der Waals surface area contributed by atoms with Gasteiger partial charge in [-0.3, -0.25) is 4.79 Å². The van der Waals surface area contributed by atoms with Gasteiger partial charge in [-0.05, 0) is 24.1 Å². The van der Waals surface area contributed by atoms with Crippen molar-refractivity contribution in [2.24, 2.45) is 0 Å². The molecule has 19 heavy (non-hydrogen) atoms. The third-order valence-electron chi connectivity index (χ3n) is 2.72. The maximum absolute atomic E-state index is 12.2. The van der Waals surface area contributed by atoms with Gasteiger partial charge in [0.05, 0.1) is 0 Å². The van der Waals surface area contributed by atoms with Crippen molar-refractivity contribution in [3.63, 3.8) is 0 Å². The van der Waals surface area contributed by atoms with Crippen molar-refractivity contribution in [2.75, 3.05) is 0 Å². The van der Waals surface area contributed by atoms with Crippen molar-refractivity contribution in [1.29, 1.82) is 0 Å². The molecule has 0 saturated heterocycles. The van der Waals surface area contributed by atoms with Crippen molar-refractivity contribution in [2.45, 2.75) is 12.8 Å². The number of carbonyl (C=O) groups excluding carboxylic acids is 1. The molecule has 0 unspecified atom stereocenters. The lowest BCUT2D eigenvalue weighted by molar-refractivity contribution is -0.114. The number of rotatable bonds is 6. The first-order chi connectivity index (χ1) is 9.31. The van der Waals surface area contributed by atoms with Gasteiger partial charge in [0.15, 0.2) is 5.78 Å². The summed E-state index contributed by atoms with van der Waals surface area (Å²) in [4.78, 5) is 12.2. The summed E-state index contributed by atoms with van der Waals surface area (Å²) < 4.78 is 1.61. The number of benzene rings is 1. The number of hydrogen-bond acceptors (Lipinski definition) is 2. The van der Waals surface area contributed by atoms with E-state index in [1.807, 2.05) is 36.4 Å². The Morgan fingerprint density at radius 3 is 2.68 bits per heavy atom. The predicted octanol–water partition coefficient (Wildman–Crippen LogP) is 3.42. The summed E-state index contributed by atoms with van der Waals surface area (Å²) in [5.74, 6) is 0.0625. The molecule has 0 amide bonds. The van der Waals surface area contributed by atoms with Crippen LogP contribution in [-0.4, -0.2) is 15.6 Å². The molecule has 0 fully saturated rings. The molecule has 0 bridgehead atoms. The maximum Gasteiger partial charge on any atom is 0.181 e. The fourth-order valence-corrected chi connectivity index (χ4v) is 1.75. The minimum atomic E-state index is 0.0625. The largest absolute Gasteiger partial charge is 0.292 e. The summed E-state index contributed by atoms with van der Waals surface area (Å²) >= 11 is 0. The molecule has 0 spiro atoms. The van der Waals surface area contributed by atoms with Gasteiger partial charge in [0.1, 0.15) is 5.70 Å². The van der Waals surface area contributed by atoms with Gasteiger partial charge in [-0.1, -0.05) is 36.4 Å². The zero-order valence-corrected chi connectivity index (χ0v) is 10.7. The summed E-state index contributed by atoms with van der Waals surface area (Å²) in [5, 5.41) is 4.14. The molecule has 0 saturated carbocycles. The highest BCUT2D eigenvalue weighted by atomic mass is 16.1. The van der Waals surface area contributed by atoms with E-state index in [0.29, 0.717) is 18.5 Å². The van der Waals surface area contributed by atoms with E-state index in [4.69, 9.17) is 0 Å². The Morgan fingerprint density at radius 2 is 2.05 bits per heavy atom. The molecule has 2 aromatic rings. The maximum atomic E-state index is 12.2. The second-order valence-corrected chi connectivity index (χ2v) is 4.14. The fourth-order valence-electron chi connectivity index (χ4n) is 1.75. The zero-order valence-electron chi connectivity index (χ0n) is 10.7. The number of Topliss-reactive ketones (excluding diaryl/α,β-unsaturated/α-hetero) is 1. The Bertz CT molecular complexity index is 568. The van der Waals surface area contributed by atoms with Gasteiger partial charge < -0.3 is 0 Å². The smallest absolute Gasteiger partial charge is 0.181 e. The Kier molecular flexibility index (Phi) is 4.45. The summed E-state index contributed by atoms with van der Waals surface area (Å²) in [5.41, 5.74) is 1.57. The van der Waals surface area contributed by atoms with Crippen LogP contribution in [0.25, 0.3) is 11.8 Å². The van der Waals surface area contributed by atoms with Crippen LogP contribution in [-0.2, 0) is 4.79 Å². The van der Waals surface area contributed by atoms with E-state index in [1.54, 1.807) is 29.2 Å². The summed E-state index contributed by atoms with van der Waals surface area (Å²) in [6.45, 7) is 3.64. The Labute approximate surface area is 112 Å². The van der Waals surface area contributed by atoms with Crippen LogP contribution in [0.5, 0.6) is 0 Å². The number of aromatic nitrogens is 2. The van der Waals surface area contributed by atoms with Crippen molar-refractivity contribution >= 4 is 17.6 Å². The zero-order chi connectivity index (χ0) is 13.5. The Hall–Kier alpha value is -2.42. The molecular formula is C16H16N2O. The molecule has 0 atom stereocenters. The van der Waals surface area contributed by atoms with Crippen LogP contribution >= 0.6 is 0 Å². The molecule has 1 aromatic heterocycles. The molecular weight excluding hydrogens is 236 g/mol. The second-order valence-electron chi connectivity index (χ2n) is 4.14. The van der Waals surface area contributed by atoms with Gasteiger partial charge >= 0.3 is 0 Å². The standard InChI is InChI=1S/C16H16N2O/c1-2-3-10-16(19)15(18-12-7-11-17-18)13-14-8-5-4-6-9-14/h2,4-9,11-13H,1,3,10H2/b15-13-. The minimum Gasteiger partial charge on any atom is -0.292 e. The molecule has 1 heterocycles. The lowest BCUT2D eigenvalue weighted by atomic mass is 10.1. The fraction of sp³-hybridized carbons (Fsp3) is 0.125. The minimum absolute atomic E-state index is 0.0625. The summed E-state index contributed by atoms with van der Waals surface area (Å²) in [6.07, 6.45) is 8.17. The van der Waals surface area contributed by atoms with Crippen molar-refractivity contribution < 1.29 is 4.79 Å². The highest BCUT2D eigenvalue weighted by Gasteiger charge is 2.11. The highest BCUT2D eigenvalue weighted by Crippen LogP contribution is 2.14. The van der Waals surface area contributed by atoms with Crippen LogP contribution in [0.15, 0.2) is 61.4 Å². The van der Waals surface area contributed by atoms with Crippen LogP contribution < -0.4 is 0 Å². The topological polar surface area (TPSA) is 34.9 Å². The Morgan fingerprint density at radius 1 is 1.26 bits per heavy atom. The van der Waals surface area contributed by atoms with E-state index < -0.39 is 0 Å². The van der Waals surface area contributed by atoms with Crippen LogP contribution in [0.2, 0.25) is 0 Å². The molecule has 3 nitrogen and oxygen atoms in total. The number of carbonyl (C=O) groups is 1. The lowest BCUT2D eigenvalue weighted by Crippen LogP contribution is -2.09. The SMILES string of the molecule is C=CCCC(=O)/C(=C/c1ccccc1)n1cccn1. The highest BCUT2D eigenvalue weighted by molar-refractivity contribution is 6.19. The van der Waals surface area contributed by atoms with E-state index in [-0.39, 0.29) is 5.78 Å². The molecule has 0 N–H and O–H groups in total. The quantitative estimate of drug-likeness (QED) is 0.583. The van der Waals surface area contributed by atoms with Crippen LogP contribution in [0.1, 0.15) is 18.4 Å². The first-order valence-corrected chi connectivity index (χ1v) is 6.22. The number of nitrogens with zero attached hydrogens (tertiary/aromatic N) is 2. The Balaban J connectivity index is 2.32. The van der Waals surface area contributed by atoms with Gasteiger partial charge in [0.25, 0.3) is 0 Å². The molecule has 2 rings (SSSR count). The molecule has 0 aliphatic heterocycles. The van der Waals surface area contributed by atoms with E-state index in [0.717, 1.165) is 5.56 Å². The van der Waals surface area contributed by atoms with Crippen LogP contribution in [0.3, 0.4) is 0 Å². The molecule has 0 aliphatic carbocycles. The molecule has 96 valence electrons. The van der Waals surface area contributed by atoms with E-state index >= 15 is 0 Å². The first kappa shape index (κ1) is 13.0. The number of hydrogen-bond donors (Lipinski definition) is 0. The van der Waals surface area contributed by atoms with Gasteiger partial charge in [0, 0.05) is 18.8 Å². The van der Waals surface area contributed by atoms with Gasteiger partial charge in [-0.15, -0.1) is 6.58 Å². The summed E-state index contributed by atoms with van der Waals surface area (Å²) in [7, 11) is 0. The molecule has 1 aromatic carbocycles. The van der Waals surface area contributed by atoms with E-state index in [9.17, 15) is 4.79 Å². The molecule has 0 radical (unpaired) electrons. The van der Waals surface area contributed by atoms with E-state index in [1.165, 1.54) is 0 Å². The first-order valence-electron chi connectivity index (χ1n) is 6.22. The average molecular weight is 252 g/mol. The number of ketones is 1. The van der Waals surface area contributed by atoms with Gasteiger partial charge in [-0.25, -0.2) is 4.68 Å². The monoisotopic (exact) mass is 252 g/mol. The van der Waals surface area contributed by atoms with Crippen molar-refractivity contribution in [1.82, 2.24) is 9.78 Å². The summed E-state index contributed by atoms with van der Waals surface area (Å²) in [6, 6.07) is 11.6. The number of allylic oxidation sites excluding steroid dienone is 2. The van der Waals surface area contributed by atoms with Gasteiger partial charge in [-0.2, -0.15) is 5.10 Å². The predicted molar refractivity (Wildman–Crippen MR) is 77.3 cm³/mol. The lowest BCUT2D eigenvalue weighted by Gasteiger charge is -2.06. The van der Waals surface area contributed by atoms with E-state index in [2.05, 4.69) is 11.7 Å². The third-order valence-corrected chi connectivity index (χ3v) is 2.72. The van der Waals surface area contributed by atoms with Crippen molar-refractivity contribution in [3.05, 3.63) is 67.0 Å². The van der Waals surface area contributed by atoms with Crippen molar-refractivity contribution in [3.8, 4) is 0 Å². The van der Waals surface area contributed by atoms with Gasteiger partial charge in [0.2, 0.25) is 0 Å². The van der Waals surface area contributed by atoms with Crippen LogP contribution in [0, 0.1) is 0 Å². The average Bonchev–Trinajstić information content (AvgIpc) is 2.97. The van der Waals surface area contributed by atoms with Crippen LogP contribution in [0.4, 0.5) is 0 Å². The molecule has 3 heteroatoms. The third kappa shape index (κ3) is 3.52. The second kappa shape index (κ2) is 6.50. The molecule has 0 aliphatic rings.